The Labute approximate surface area is 319 Å². The molecule has 0 amide bonds. The number of carbonyl (C=O) groups excluding carboxylic acids is 2. The van der Waals surface area contributed by atoms with E-state index in [1.54, 1.807) is 16.7 Å². The van der Waals surface area contributed by atoms with Crippen molar-refractivity contribution in [1.29, 1.82) is 0 Å². The number of Topliss-reactive ketones (excluding diaryl/α,β-unsaturated/α-hetero) is 1. The van der Waals surface area contributed by atoms with Crippen LogP contribution in [0.15, 0.2) is 40.9 Å². The van der Waals surface area contributed by atoms with E-state index in [1.807, 2.05) is 17.9 Å². The first-order valence-corrected chi connectivity index (χ1v) is 19.8. The summed E-state index contributed by atoms with van der Waals surface area (Å²) in [6.07, 6.45) is 13.1. The number of anilines is 1. The number of nitrogens with zero attached hydrogens (tertiary/aromatic N) is 2. The third-order valence-corrected chi connectivity index (χ3v) is 14.7. The molecule has 1 aromatic carbocycles. The number of aromatic carboxylic acids is 1. The minimum atomic E-state index is -1.56. The fourth-order valence-electron chi connectivity index (χ4n) is 11.9. The van der Waals surface area contributed by atoms with Gasteiger partial charge in [0.15, 0.2) is 23.1 Å². The van der Waals surface area contributed by atoms with E-state index in [4.69, 9.17) is 4.74 Å². The van der Waals surface area contributed by atoms with Crippen molar-refractivity contribution in [2.24, 2.45) is 34.5 Å². The number of carbonyl (C=O) groups is 3. The highest BCUT2D eigenvalue weighted by molar-refractivity contribution is 6.01. The highest BCUT2D eigenvalue weighted by Crippen LogP contribution is 2.67. The summed E-state index contributed by atoms with van der Waals surface area (Å²) in [7, 11) is 1.48. The highest BCUT2D eigenvalue weighted by atomic mass is 19.1. The molecule has 1 aromatic heterocycles. The molecule has 3 heterocycles. The number of piperidine rings is 1. The van der Waals surface area contributed by atoms with Gasteiger partial charge >= 0.3 is 5.97 Å². The molecule has 0 unspecified atom stereocenters. The second-order valence-electron chi connectivity index (χ2n) is 17.5. The number of halogens is 1. The van der Waals surface area contributed by atoms with Crippen LogP contribution in [0.25, 0.3) is 10.9 Å². The molecule has 6 fully saturated rings. The van der Waals surface area contributed by atoms with Crippen LogP contribution in [0.5, 0.6) is 5.75 Å². The summed E-state index contributed by atoms with van der Waals surface area (Å²) in [5.41, 5.74) is -1.70. The number of carboxylic acids is 1. The van der Waals surface area contributed by atoms with Crippen LogP contribution >= 0.6 is 0 Å². The third-order valence-electron chi connectivity index (χ3n) is 14.7. The summed E-state index contributed by atoms with van der Waals surface area (Å²) in [4.78, 5) is 50.5. The van der Waals surface area contributed by atoms with Crippen LogP contribution in [0.4, 0.5) is 10.1 Å². The number of fused-ring (bicyclic) bond motifs is 7. The van der Waals surface area contributed by atoms with E-state index in [1.165, 1.54) is 19.4 Å². The second-order valence-corrected chi connectivity index (χ2v) is 17.5. The van der Waals surface area contributed by atoms with Crippen LogP contribution in [-0.4, -0.2) is 93.6 Å². The molecule has 0 spiro atoms. The van der Waals surface area contributed by atoms with Crippen molar-refractivity contribution in [3.63, 3.8) is 0 Å². The average molecular weight is 762 g/mol. The zero-order valence-corrected chi connectivity index (χ0v) is 31.7. The zero-order valence-electron chi connectivity index (χ0n) is 31.7. The van der Waals surface area contributed by atoms with Crippen LogP contribution in [0, 0.1) is 40.3 Å². The predicted molar refractivity (Wildman–Crippen MR) is 202 cm³/mol. The number of hydrogen-bond donors (Lipinski definition) is 5. The number of aliphatic hydroxyl groups is 3. The maximum absolute atomic E-state index is 15.3. The van der Waals surface area contributed by atoms with Crippen molar-refractivity contribution >= 4 is 34.1 Å². The first-order valence-electron chi connectivity index (χ1n) is 19.8. The van der Waals surface area contributed by atoms with Gasteiger partial charge in [-0.3, -0.25) is 14.4 Å². The SMILES string of the molecule is COc1c(N2C[C@@H]3CCCN[C@@H]3C2)c(F)cc2c(=O)c(C(=O)O)cn(C3CC3)c12.C[C@]12C=CC(=O)C=C1CC[C@@H]1[C@@H]2[C@@H](O)C[C@@]2(C)[C@H]1CC[C@]2(O)C(=O)CO. The van der Waals surface area contributed by atoms with E-state index in [-0.39, 0.29) is 45.9 Å². The molecule has 12 nitrogen and oxygen atoms in total. The van der Waals surface area contributed by atoms with Gasteiger partial charge in [0.05, 0.1) is 24.1 Å². The zero-order chi connectivity index (χ0) is 39.2. The molecule has 0 radical (unpaired) electrons. The predicted octanol–water partition coefficient (Wildman–Crippen LogP) is 3.93. The topological polar surface area (TPSA) is 179 Å². The fourth-order valence-corrected chi connectivity index (χ4v) is 11.9. The number of ketones is 2. The van der Waals surface area contributed by atoms with E-state index in [2.05, 4.69) is 12.2 Å². The van der Waals surface area contributed by atoms with Crippen LogP contribution in [0.2, 0.25) is 0 Å². The summed E-state index contributed by atoms with van der Waals surface area (Å²) in [6.45, 7) is 5.74. The lowest BCUT2D eigenvalue weighted by Gasteiger charge is -2.59. The molecule has 4 saturated carbocycles. The molecule has 2 aliphatic heterocycles. The van der Waals surface area contributed by atoms with Crippen molar-refractivity contribution in [3.05, 3.63) is 57.7 Å². The maximum atomic E-state index is 15.3. The van der Waals surface area contributed by atoms with Gasteiger partial charge in [0.2, 0.25) is 5.43 Å². The molecule has 9 atom stereocenters. The number of nitrogens with one attached hydrogen (secondary N) is 1. The number of pyridine rings is 1. The lowest BCUT2D eigenvalue weighted by Crippen LogP contribution is -2.61. The van der Waals surface area contributed by atoms with Crippen molar-refractivity contribution in [3.8, 4) is 5.75 Å². The molecule has 13 heteroatoms. The number of methoxy groups -OCH3 is 1. The lowest BCUT2D eigenvalue weighted by molar-refractivity contribution is -0.178. The average Bonchev–Trinajstić information content (AvgIpc) is 3.85. The van der Waals surface area contributed by atoms with E-state index < -0.39 is 46.7 Å². The number of rotatable bonds is 6. The first-order chi connectivity index (χ1) is 26.2. The van der Waals surface area contributed by atoms with Crippen molar-refractivity contribution in [1.82, 2.24) is 9.88 Å². The number of allylic oxidation sites excluding steroid dienone is 4. The van der Waals surface area contributed by atoms with Gasteiger partial charge in [-0.05, 0) is 100 Å². The molecule has 0 bridgehead atoms. The number of aromatic nitrogens is 1. The van der Waals surface area contributed by atoms with Gasteiger partial charge in [-0.15, -0.1) is 0 Å². The Hall–Kier alpha value is -3.91. The van der Waals surface area contributed by atoms with Gasteiger partial charge < -0.3 is 39.9 Å². The number of carboxylic acid groups (broad SMARTS) is 1. The van der Waals surface area contributed by atoms with E-state index in [0.717, 1.165) is 63.6 Å². The smallest absolute Gasteiger partial charge is 0.341 e. The number of aliphatic hydroxyl groups excluding tert-OH is 2. The second kappa shape index (κ2) is 13.6. The monoisotopic (exact) mass is 761 g/mol. The Balaban J connectivity index is 0.000000156. The minimum Gasteiger partial charge on any atom is -0.492 e. The molecule has 2 aromatic rings. The van der Waals surface area contributed by atoms with Crippen LogP contribution in [0.3, 0.4) is 0 Å². The maximum Gasteiger partial charge on any atom is 0.341 e. The number of benzene rings is 1. The van der Waals surface area contributed by atoms with Gasteiger partial charge in [0.25, 0.3) is 0 Å². The van der Waals surface area contributed by atoms with Gasteiger partial charge in [-0.1, -0.05) is 25.5 Å². The summed E-state index contributed by atoms with van der Waals surface area (Å²) in [5.74, 6) is -1.29. The van der Waals surface area contributed by atoms with Crippen molar-refractivity contribution in [2.75, 3.05) is 38.3 Å². The van der Waals surface area contributed by atoms with Gasteiger partial charge in [-0.2, -0.15) is 0 Å². The number of hydrogen-bond acceptors (Lipinski definition) is 10. The first kappa shape index (κ1) is 38.0. The molecule has 55 heavy (non-hydrogen) atoms. The molecule has 9 rings (SSSR count). The Morgan fingerprint density at radius 2 is 1.87 bits per heavy atom. The molecule has 296 valence electrons. The van der Waals surface area contributed by atoms with Crippen LogP contribution in [-0.2, 0) is 9.59 Å². The summed E-state index contributed by atoms with van der Waals surface area (Å²) >= 11 is 0. The Bertz CT molecular complexity index is 2060. The Morgan fingerprint density at radius 3 is 2.55 bits per heavy atom. The molecule has 5 N–H and O–H groups in total. The normalized spacial score (nSPS) is 36.2. The van der Waals surface area contributed by atoms with E-state index in [9.17, 15) is 39.6 Å². The van der Waals surface area contributed by atoms with Gasteiger partial charge in [-0.25, -0.2) is 9.18 Å². The van der Waals surface area contributed by atoms with Crippen molar-refractivity contribution in [2.45, 2.75) is 95.4 Å². The molecular weight excluding hydrogens is 709 g/mol. The minimum absolute atomic E-state index is 0.00912. The summed E-state index contributed by atoms with van der Waals surface area (Å²) in [5, 5.41) is 44.7. The summed E-state index contributed by atoms with van der Waals surface area (Å²) in [6, 6.07) is 1.62. The van der Waals surface area contributed by atoms with Crippen LogP contribution < -0.4 is 20.4 Å². The third kappa shape index (κ3) is 5.82. The fraction of sp³-hybridized carbons (Fsp3) is 0.619. The van der Waals surface area contributed by atoms with Gasteiger partial charge in [0, 0.05) is 48.1 Å². The quantitative estimate of drug-likeness (QED) is 0.288. The molecule has 5 aliphatic carbocycles. The largest absolute Gasteiger partial charge is 0.492 e. The molecule has 7 aliphatic rings. The molecule has 2 saturated heterocycles. The van der Waals surface area contributed by atoms with E-state index >= 15 is 4.39 Å². The standard InChI is InChI=1S/C21H24FN3O4.C21H28O5/c1-29-20-17-13(19(26)14(21(27)28)9-25(17)12-4-5-12)7-15(22)18(20)24-8-11-3-2-6-23-16(11)10-24;1-19-7-5-13(23)9-12(19)3-4-14-15-6-8-21(26,17(25)11-22)20(15,2)10-16(24)18(14)19/h7,9,11-12,16,23H,2-6,8,10H2,1H3,(H,27,28);5,7,9,14-16,18,22,24,26H,3-4,6,8,10-11H2,1-2H3/t11-,16+;14-,15-,16-,18+,19-,20-,21-/m00/s1. The Kier molecular flexibility index (Phi) is 9.42. The van der Waals surface area contributed by atoms with E-state index in [0.29, 0.717) is 48.3 Å². The summed E-state index contributed by atoms with van der Waals surface area (Å²) < 4.78 is 22.8. The lowest BCUT2D eigenvalue weighted by atomic mass is 9.46. The number of ether oxygens (including phenoxy) is 1. The van der Waals surface area contributed by atoms with Crippen molar-refractivity contribution < 1.29 is 43.9 Å². The van der Waals surface area contributed by atoms with Gasteiger partial charge in [0.1, 0.15) is 23.5 Å². The Morgan fingerprint density at radius 1 is 1.11 bits per heavy atom. The highest BCUT2D eigenvalue weighted by Gasteiger charge is 2.68. The molecular formula is C42H52FN3O9. The van der Waals surface area contributed by atoms with Crippen LogP contribution in [0.1, 0.15) is 88.0 Å².